The fourth-order valence-electron chi connectivity index (χ4n) is 2.79. The zero-order valence-electron chi connectivity index (χ0n) is 14.9. The lowest BCUT2D eigenvalue weighted by Gasteiger charge is -2.49. The predicted molar refractivity (Wildman–Crippen MR) is 109 cm³/mol. The Bertz CT molecular complexity index is 832. The number of hydrogen-bond acceptors (Lipinski definition) is 9. The molecule has 0 saturated carbocycles. The Hall–Kier alpha value is -1.21. The highest BCUT2D eigenvalue weighted by molar-refractivity contribution is 8.00. The average molecular weight is 502 g/mol. The second-order valence-electron chi connectivity index (χ2n) is 6.04. The molecule has 3 heterocycles. The van der Waals surface area contributed by atoms with Crippen LogP contribution >= 0.6 is 58.3 Å². The monoisotopic (exact) mass is 500 g/mol. The third-order valence-electron chi connectivity index (χ3n) is 3.94. The molecule has 10 nitrogen and oxygen atoms in total. The van der Waals surface area contributed by atoms with E-state index < -0.39 is 39.6 Å². The first-order valence-electron chi connectivity index (χ1n) is 8.11. The maximum Gasteiger partial charge on any atom is 0.355 e. The minimum atomic E-state index is -1.76. The molecular formula is C14H15Cl3N6O4S2. The molecule has 0 aromatic carbocycles. The van der Waals surface area contributed by atoms with E-state index in [0.29, 0.717) is 11.5 Å². The Morgan fingerprint density at radius 1 is 1.45 bits per heavy atom. The number of carbonyl (C=O) groups excluding carboxylic acids is 3. The van der Waals surface area contributed by atoms with E-state index in [4.69, 9.17) is 39.5 Å². The number of aromatic nitrogens is 4. The highest BCUT2D eigenvalue weighted by Crippen LogP contribution is 2.41. The molecule has 0 spiro atoms. The quantitative estimate of drug-likeness (QED) is 0.325. The number of alkyl halides is 3. The van der Waals surface area contributed by atoms with Crippen LogP contribution in [0.3, 0.4) is 0 Å². The van der Waals surface area contributed by atoms with Gasteiger partial charge in [0.15, 0.2) is 0 Å². The molecular weight excluding hydrogens is 487 g/mol. The third-order valence-corrected chi connectivity index (χ3v) is 6.24. The number of halogens is 3. The standard InChI is InChI=1S/C14H15Cl3N6O4S2/c1-28-3-7-4-29-12-9(19-8(24)2-22-6-18-20-21-22)11(25)23(12)10(7)13(26)27-5-14(15,16)17/h6,9,12H,2-5H2,1H3,(H,19,24)/t9?,12-/m0/s1. The zero-order chi connectivity index (χ0) is 21.2. The number of β-lactam (4-membered cyclic amide) rings is 1. The molecule has 158 valence electrons. The van der Waals surface area contributed by atoms with Crippen molar-refractivity contribution in [1.82, 2.24) is 30.4 Å². The van der Waals surface area contributed by atoms with Crippen LogP contribution in [0.25, 0.3) is 0 Å². The predicted octanol–water partition coefficient (Wildman–Crippen LogP) is 0.603. The van der Waals surface area contributed by atoms with Crippen molar-refractivity contribution in [2.75, 3.05) is 24.4 Å². The van der Waals surface area contributed by atoms with Crippen LogP contribution in [0, 0.1) is 0 Å². The zero-order valence-corrected chi connectivity index (χ0v) is 18.8. The number of hydrogen-bond donors (Lipinski definition) is 1. The Balaban J connectivity index is 1.71. The SMILES string of the molecule is CSCC1=C(C(=O)OCC(Cl)(Cl)Cl)N2C(=O)C(NC(=O)Cn3cnnn3)[C@@H]2SC1. The van der Waals surface area contributed by atoms with Gasteiger partial charge in [-0.05, 0) is 22.3 Å². The smallest absolute Gasteiger partial charge is 0.355 e. The first-order valence-corrected chi connectivity index (χ1v) is 11.7. The van der Waals surface area contributed by atoms with Crippen LogP contribution < -0.4 is 5.32 Å². The highest BCUT2D eigenvalue weighted by Gasteiger charge is 2.54. The topological polar surface area (TPSA) is 119 Å². The Kier molecular flexibility index (Phi) is 7.20. The first kappa shape index (κ1) is 22.5. The molecule has 2 aliphatic rings. The van der Waals surface area contributed by atoms with Crippen molar-refractivity contribution in [3.05, 3.63) is 17.6 Å². The number of rotatable bonds is 7. The van der Waals surface area contributed by atoms with Gasteiger partial charge in [-0.15, -0.1) is 16.9 Å². The molecule has 1 unspecified atom stereocenters. The van der Waals surface area contributed by atoms with Gasteiger partial charge < -0.3 is 10.1 Å². The van der Waals surface area contributed by atoms with Gasteiger partial charge in [0.2, 0.25) is 9.70 Å². The molecule has 15 heteroatoms. The van der Waals surface area contributed by atoms with Gasteiger partial charge in [0.1, 0.15) is 36.6 Å². The minimum Gasteiger partial charge on any atom is -0.456 e. The van der Waals surface area contributed by atoms with E-state index in [-0.39, 0.29) is 12.2 Å². The molecule has 1 aromatic rings. The summed E-state index contributed by atoms with van der Waals surface area (Å²) in [5, 5.41) is 12.7. The molecule has 29 heavy (non-hydrogen) atoms. The van der Waals surface area contributed by atoms with Crippen molar-refractivity contribution in [3.8, 4) is 0 Å². The molecule has 3 rings (SSSR count). The van der Waals surface area contributed by atoms with Crippen LogP contribution in [0.15, 0.2) is 17.6 Å². The maximum absolute atomic E-state index is 12.7. The molecule has 1 fully saturated rings. The molecule has 1 saturated heterocycles. The largest absolute Gasteiger partial charge is 0.456 e. The summed E-state index contributed by atoms with van der Waals surface area (Å²) in [4.78, 5) is 38.9. The van der Waals surface area contributed by atoms with E-state index in [1.165, 1.54) is 39.4 Å². The summed E-state index contributed by atoms with van der Waals surface area (Å²) in [6, 6.07) is -0.768. The van der Waals surface area contributed by atoms with Crippen LogP contribution in [0.2, 0.25) is 0 Å². The van der Waals surface area contributed by atoms with Gasteiger partial charge in [0, 0.05) is 11.5 Å². The number of nitrogens with zero attached hydrogens (tertiary/aromatic N) is 5. The van der Waals surface area contributed by atoms with Gasteiger partial charge in [0.05, 0.1) is 0 Å². The van der Waals surface area contributed by atoms with E-state index in [0.717, 1.165) is 5.57 Å². The van der Waals surface area contributed by atoms with Crippen molar-refractivity contribution < 1.29 is 19.1 Å². The Labute approximate surface area is 189 Å². The maximum atomic E-state index is 12.7. The summed E-state index contributed by atoms with van der Waals surface area (Å²) in [5.41, 5.74) is 0.896. The second kappa shape index (κ2) is 9.29. The summed E-state index contributed by atoms with van der Waals surface area (Å²) in [7, 11) is 0. The van der Waals surface area contributed by atoms with Crippen molar-refractivity contribution >= 4 is 76.1 Å². The van der Waals surface area contributed by atoms with E-state index in [1.807, 2.05) is 6.26 Å². The molecule has 0 aliphatic carbocycles. The van der Waals surface area contributed by atoms with Gasteiger partial charge in [-0.25, -0.2) is 9.48 Å². The number of tetrazole rings is 1. The van der Waals surface area contributed by atoms with Crippen LogP contribution in [0.5, 0.6) is 0 Å². The van der Waals surface area contributed by atoms with Gasteiger partial charge in [-0.2, -0.15) is 11.8 Å². The molecule has 1 N–H and O–H groups in total. The fourth-order valence-corrected chi connectivity index (χ4v) is 5.02. The molecule has 2 aliphatic heterocycles. The molecule has 2 atom stereocenters. The lowest BCUT2D eigenvalue weighted by Crippen LogP contribution is -2.70. The van der Waals surface area contributed by atoms with E-state index >= 15 is 0 Å². The summed E-state index contributed by atoms with van der Waals surface area (Å²) in [5.74, 6) is -0.524. The lowest BCUT2D eigenvalue weighted by atomic mass is 10.0. The number of thioether (sulfide) groups is 2. The summed E-state index contributed by atoms with van der Waals surface area (Å²) >= 11 is 19.9. The number of ether oxygens (including phenoxy) is 1. The van der Waals surface area contributed by atoms with Crippen LogP contribution in [0.4, 0.5) is 0 Å². The van der Waals surface area contributed by atoms with Gasteiger partial charge in [-0.1, -0.05) is 34.8 Å². The van der Waals surface area contributed by atoms with Crippen molar-refractivity contribution in [2.24, 2.45) is 0 Å². The molecule has 0 bridgehead atoms. The van der Waals surface area contributed by atoms with Crippen LogP contribution in [-0.2, 0) is 25.7 Å². The summed E-state index contributed by atoms with van der Waals surface area (Å²) in [6.07, 6.45) is 3.17. The number of carbonyl (C=O) groups is 3. The Morgan fingerprint density at radius 2 is 2.21 bits per heavy atom. The van der Waals surface area contributed by atoms with Crippen molar-refractivity contribution in [2.45, 2.75) is 21.8 Å². The van der Waals surface area contributed by atoms with Gasteiger partial charge >= 0.3 is 5.97 Å². The van der Waals surface area contributed by atoms with Crippen molar-refractivity contribution in [1.29, 1.82) is 0 Å². The second-order valence-corrected chi connectivity index (χ2v) is 10.5. The van der Waals surface area contributed by atoms with Crippen molar-refractivity contribution in [3.63, 3.8) is 0 Å². The third kappa shape index (κ3) is 5.29. The van der Waals surface area contributed by atoms with E-state index in [1.54, 1.807) is 0 Å². The summed E-state index contributed by atoms with van der Waals surface area (Å²) in [6.45, 7) is -0.571. The van der Waals surface area contributed by atoms with Gasteiger partial charge in [0.25, 0.3) is 5.91 Å². The number of esters is 1. The molecule has 1 aromatic heterocycles. The fraction of sp³-hybridized carbons (Fsp3) is 0.571. The van der Waals surface area contributed by atoms with Crippen LogP contribution in [0.1, 0.15) is 0 Å². The lowest BCUT2D eigenvalue weighted by molar-refractivity contribution is -0.153. The minimum absolute atomic E-state index is 0.125. The molecule has 0 radical (unpaired) electrons. The molecule has 2 amide bonds. The normalized spacial score (nSPS) is 21.5. The van der Waals surface area contributed by atoms with Gasteiger partial charge in [-0.3, -0.25) is 14.5 Å². The van der Waals surface area contributed by atoms with Crippen LogP contribution in [-0.4, -0.2) is 82.5 Å². The number of nitrogens with one attached hydrogen (secondary N) is 1. The highest BCUT2D eigenvalue weighted by atomic mass is 35.6. The first-order chi connectivity index (χ1) is 13.7. The Morgan fingerprint density at radius 3 is 2.83 bits per heavy atom. The average Bonchev–Trinajstić information content (AvgIpc) is 3.16. The van der Waals surface area contributed by atoms with E-state index in [2.05, 4.69) is 20.8 Å². The summed E-state index contributed by atoms with van der Waals surface area (Å²) < 4.78 is 4.57. The number of amides is 2. The van der Waals surface area contributed by atoms with E-state index in [9.17, 15) is 14.4 Å². The number of fused-ring (bicyclic) bond motifs is 1.